The lowest BCUT2D eigenvalue weighted by atomic mass is 10.2. The lowest BCUT2D eigenvalue weighted by Gasteiger charge is -2.11. The third-order valence-corrected chi connectivity index (χ3v) is 2.46. The van der Waals surface area contributed by atoms with Crippen LogP contribution in [0.4, 0.5) is 0 Å². The summed E-state index contributed by atoms with van der Waals surface area (Å²) in [4.78, 5) is 11.4. The summed E-state index contributed by atoms with van der Waals surface area (Å²) >= 11 is 0. The molecule has 0 amide bonds. The highest BCUT2D eigenvalue weighted by molar-refractivity contribution is 5.72. The number of carbonyl (C=O) groups is 1. The van der Waals surface area contributed by atoms with Crippen LogP contribution in [-0.2, 0) is 22.6 Å². The van der Waals surface area contributed by atoms with Gasteiger partial charge in [0.05, 0.1) is 19.1 Å². The molecule has 0 saturated carbocycles. The molecule has 0 bridgehead atoms. The van der Waals surface area contributed by atoms with Crippen LogP contribution in [-0.4, -0.2) is 33.9 Å². The Hall–Kier alpha value is -1.43. The summed E-state index contributed by atoms with van der Waals surface area (Å²) in [6.45, 7) is 8.14. The first-order chi connectivity index (χ1) is 8.19. The SMILES string of the molecule is CCOC(=O)C(C)CNCc1nncn1CC. The van der Waals surface area contributed by atoms with E-state index in [2.05, 4.69) is 15.5 Å². The van der Waals surface area contributed by atoms with Crippen molar-refractivity contribution < 1.29 is 9.53 Å². The molecule has 0 saturated heterocycles. The van der Waals surface area contributed by atoms with Gasteiger partial charge in [-0.2, -0.15) is 0 Å². The average molecular weight is 240 g/mol. The van der Waals surface area contributed by atoms with Crippen LogP contribution in [0.25, 0.3) is 0 Å². The number of nitrogens with one attached hydrogen (secondary N) is 1. The zero-order chi connectivity index (χ0) is 12.7. The molecule has 0 aliphatic rings. The first-order valence-electron chi connectivity index (χ1n) is 5.93. The number of hydrogen-bond acceptors (Lipinski definition) is 5. The second-order valence-corrected chi connectivity index (χ2v) is 3.82. The van der Waals surface area contributed by atoms with Crippen molar-refractivity contribution in [3.63, 3.8) is 0 Å². The van der Waals surface area contributed by atoms with Crippen LogP contribution in [0.2, 0.25) is 0 Å². The molecule has 1 N–H and O–H groups in total. The number of carbonyl (C=O) groups excluding carboxylic acids is 1. The van der Waals surface area contributed by atoms with E-state index in [1.54, 1.807) is 6.33 Å². The van der Waals surface area contributed by atoms with Gasteiger partial charge in [0.15, 0.2) is 0 Å². The summed E-state index contributed by atoms with van der Waals surface area (Å²) in [5, 5.41) is 11.0. The van der Waals surface area contributed by atoms with Crippen molar-refractivity contribution in [2.45, 2.75) is 33.9 Å². The van der Waals surface area contributed by atoms with Crippen molar-refractivity contribution in [3.05, 3.63) is 12.2 Å². The Morgan fingerprint density at radius 3 is 3.00 bits per heavy atom. The van der Waals surface area contributed by atoms with E-state index in [1.165, 1.54) is 0 Å². The van der Waals surface area contributed by atoms with Gasteiger partial charge in [-0.1, -0.05) is 6.92 Å². The first kappa shape index (κ1) is 13.6. The van der Waals surface area contributed by atoms with E-state index in [0.717, 1.165) is 12.4 Å². The maximum atomic E-state index is 11.4. The fourth-order valence-electron chi connectivity index (χ4n) is 1.45. The minimum Gasteiger partial charge on any atom is -0.466 e. The summed E-state index contributed by atoms with van der Waals surface area (Å²) in [7, 11) is 0. The number of rotatable bonds is 7. The van der Waals surface area contributed by atoms with Crippen LogP contribution in [0.15, 0.2) is 6.33 Å². The molecule has 1 heterocycles. The van der Waals surface area contributed by atoms with Crippen molar-refractivity contribution in [1.29, 1.82) is 0 Å². The van der Waals surface area contributed by atoms with E-state index in [0.29, 0.717) is 19.7 Å². The molecule has 0 aliphatic carbocycles. The third-order valence-electron chi connectivity index (χ3n) is 2.46. The summed E-state index contributed by atoms with van der Waals surface area (Å²) < 4.78 is 6.88. The molecule has 1 atom stereocenters. The monoisotopic (exact) mass is 240 g/mol. The number of nitrogens with zero attached hydrogens (tertiary/aromatic N) is 3. The summed E-state index contributed by atoms with van der Waals surface area (Å²) in [6.07, 6.45) is 1.70. The zero-order valence-electron chi connectivity index (χ0n) is 10.6. The highest BCUT2D eigenvalue weighted by Crippen LogP contribution is 1.98. The molecule has 6 nitrogen and oxygen atoms in total. The van der Waals surface area contributed by atoms with Gasteiger partial charge in [-0.3, -0.25) is 4.79 Å². The topological polar surface area (TPSA) is 69.0 Å². The van der Waals surface area contributed by atoms with Gasteiger partial charge in [-0.15, -0.1) is 10.2 Å². The molecular formula is C11H20N4O2. The van der Waals surface area contributed by atoms with Crippen LogP contribution in [0.5, 0.6) is 0 Å². The maximum absolute atomic E-state index is 11.4. The Bertz CT molecular complexity index is 351. The van der Waals surface area contributed by atoms with Crippen molar-refractivity contribution in [2.24, 2.45) is 5.92 Å². The summed E-state index contributed by atoms with van der Waals surface area (Å²) in [5.74, 6) is 0.563. The van der Waals surface area contributed by atoms with Gasteiger partial charge in [0.1, 0.15) is 12.2 Å². The molecule has 1 aromatic heterocycles. The molecule has 0 aromatic carbocycles. The number of hydrogen-bond donors (Lipinski definition) is 1. The van der Waals surface area contributed by atoms with Crippen LogP contribution in [0.3, 0.4) is 0 Å². The second kappa shape index (κ2) is 7.01. The van der Waals surface area contributed by atoms with Gasteiger partial charge in [-0.25, -0.2) is 0 Å². The molecule has 0 fully saturated rings. The Morgan fingerprint density at radius 2 is 2.35 bits per heavy atom. The number of ether oxygens (including phenoxy) is 1. The Balaban J connectivity index is 2.30. The van der Waals surface area contributed by atoms with Crippen LogP contribution in [0, 0.1) is 5.92 Å². The van der Waals surface area contributed by atoms with E-state index < -0.39 is 0 Å². The van der Waals surface area contributed by atoms with Crippen molar-refractivity contribution in [1.82, 2.24) is 20.1 Å². The number of aromatic nitrogens is 3. The lowest BCUT2D eigenvalue weighted by molar-refractivity contribution is -0.147. The molecule has 0 radical (unpaired) electrons. The van der Waals surface area contributed by atoms with Gasteiger partial charge in [0, 0.05) is 13.1 Å². The van der Waals surface area contributed by atoms with Crippen molar-refractivity contribution >= 4 is 5.97 Å². The normalized spacial score (nSPS) is 12.4. The van der Waals surface area contributed by atoms with Gasteiger partial charge in [-0.05, 0) is 13.8 Å². The largest absolute Gasteiger partial charge is 0.466 e. The molecule has 0 aliphatic heterocycles. The Morgan fingerprint density at radius 1 is 1.59 bits per heavy atom. The van der Waals surface area contributed by atoms with Crippen molar-refractivity contribution in [3.8, 4) is 0 Å². The second-order valence-electron chi connectivity index (χ2n) is 3.82. The number of aryl methyl sites for hydroxylation is 1. The molecule has 1 aromatic rings. The van der Waals surface area contributed by atoms with E-state index in [1.807, 2.05) is 25.3 Å². The minimum atomic E-state index is -0.169. The lowest BCUT2D eigenvalue weighted by Crippen LogP contribution is -2.28. The Kier molecular flexibility index (Phi) is 5.62. The van der Waals surface area contributed by atoms with E-state index in [-0.39, 0.29) is 11.9 Å². The summed E-state index contributed by atoms with van der Waals surface area (Å²) in [5.41, 5.74) is 0. The average Bonchev–Trinajstić information content (AvgIpc) is 2.76. The molecule has 96 valence electrons. The minimum absolute atomic E-state index is 0.145. The van der Waals surface area contributed by atoms with Gasteiger partial charge in [0.25, 0.3) is 0 Å². The predicted molar refractivity (Wildman–Crippen MR) is 63.2 cm³/mol. The van der Waals surface area contributed by atoms with E-state index in [4.69, 9.17) is 4.74 Å². The van der Waals surface area contributed by atoms with E-state index >= 15 is 0 Å². The van der Waals surface area contributed by atoms with Gasteiger partial charge < -0.3 is 14.6 Å². The fraction of sp³-hybridized carbons (Fsp3) is 0.727. The molecule has 0 spiro atoms. The predicted octanol–water partition coefficient (Wildman–Crippen LogP) is 0.587. The van der Waals surface area contributed by atoms with Crippen LogP contribution >= 0.6 is 0 Å². The summed E-state index contributed by atoms with van der Waals surface area (Å²) in [6, 6.07) is 0. The zero-order valence-corrected chi connectivity index (χ0v) is 10.6. The Labute approximate surface area is 101 Å². The highest BCUT2D eigenvalue weighted by atomic mass is 16.5. The number of esters is 1. The molecule has 1 unspecified atom stereocenters. The van der Waals surface area contributed by atoms with Crippen LogP contribution in [0.1, 0.15) is 26.6 Å². The maximum Gasteiger partial charge on any atom is 0.309 e. The van der Waals surface area contributed by atoms with E-state index in [9.17, 15) is 4.79 Å². The van der Waals surface area contributed by atoms with Gasteiger partial charge >= 0.3 is 5.97 Å². The van der Waals surface area contributed by atoms with Crippen molar-refractivity contribution in [2.75, 3.05) is 13.2 Å². The molecule has 17 heavy (non-hydrogen) atoms. The fourth-order valence-corrected chi connectivity index (χ4v) is 1.45. The first-order valence-corrected chi connectivity index (χ1v) is 5.93. The standard InChI is InChI=1S/C11H20N4O2/c1-4-15-8-13-14-10(15)7-12-6-9(3)11(16)17-5-2/h8-9,12H,4-7H2,1-3H3. The highest BCUT2D eigenvalue weighted by Gasteiger charge is 2.13. The molecule has 1 rings (SSSR count). The quantitative estimate of drug-likeness (QED) is 0.706. The van der Waals surface area contributed by atoms with Crippen LogP contribution < -0.4 is 5.32 Å². The molecular weight excluding hydrogens is 220 g/mol. The van der Waals surface area contributed by atoms with Gasteiger partial charge in [0.2, 0.25) is 0 Å². The smallest absolute Gasteiger partial charge is 0.309 e. The molecule has 6 heteroatoms. The third kappa shape index (κ3) is 4.14.